The lowest BCUT2D eigenvalue weighted by Gasteiger charge is -2.31. The monoisotopic (exact) mass is 449 g/mol. The van der Waals surface area contributed by atoms with E-state index in [1.54, 1.807) is 6.92 Å². The van der Waals surface area contributed by atoms with Crippen molar-refractivity contribution in [3.8, 4) is 0 Å². The molecule has 1 aromatic rings. The number of benzene rings is 1. The normalized spacial score (nSPS) is 33.2. The lowest BCUT2D eigenvalue weighted by Crippen LogP contribution is -2.49. The van der Waals surface area contributed by atoms with Crippen molar-refractivity contribution in [2.45, 2.75) is 45.8 Å². The minimum absolute atomic E-state index is 0.0345. The Labute approximate surface area is 184 Å². The molecule has 1 unspecified atom stereocenters. The first-order valence-electron chi connectivity index (χ1n) is 11.0. The minimum Gasteiger partial charge on any atom is -0.395 e. The van der Waals surface area contributed by atoms with Crippen LogP contribution in [-0.2, 0) is 26.3 Å². The van der Waals surface area contributed by atoms with Gasteiger partial charge in [0.25, 0.3) is 10.2 Å². The SMILES string of the molecule is C[C@@H]1C(=O)N(C(=O)C2[C@@H](C)[C@H]2C)[C@H]2CCN(S(=O)(=O)N(CCO)Cc3ccccc3)[C@H]12. The van der Waals surface area contributed by atoms with Crippen LogP contribution >= 0.6 is 0 Å². The highest BCUT2D eigenvalue weighted by atomic mass is 32.2. The van der Waals surface area contributed by atoms with E-state index >= 15 is 0 Å². The van der Waals surface area contributed by atoms with Crippen LogP contribution in [0.4, 0.5) is 0 Å². The van der Waals surface area contributed by atoms with E-state index in [-0.39, 0.29) is 55.8 Å². The lowest BCUT2D eigenvalue weighted by atomic mass is 10.0. The van der Waals surface area contributed by atoms with Gasteiger partial charge in [0.1, 0.15) is 0 Å². The lowest BCUT2D eigenvalue weighted by molar-refractivity contribution is -0.146. The van der Waals surface area contributed by atoms with Crippen LogP contribution in [0, 0.1) is 23.7 Å². The van der Waals surface area contributed by atoms with Crippen LogP contribution in [0.15, 0.2) is 30.3 Å². The smallest absolute Gasteiger partial charge is 0.282 e. The second-order valence-electron chi connectivity index (χ2n) is 9.09. The Balaban J connectivity index is 1.58. The molecule has 31 heavy (non-hydrogen) atoms. The molecule has 2 saturated heterocycles. The van der Waals surface area contributed by atoms with Gasteiger partial charge in [0, 0.05) is 25.6 Å². The molecule has 2 aliphatic heterocycles. The molecule has 9 heteroatoms. The predicted molar refractivity (Wildman–Crippen MR) is 115 cm³/mol. The second kappa shape index (κ2) is 8.27. The average molecular weight is 450 g/mol. The van der Waals surface area contributed by atoms with Crippen molar-refractivity contribution in [3.05, 3.63) is 35.9 Å². The molecule has 1 N–H and O–H groups in total. The Morgan fingerprint density at radius 1 is 1.16 bits per heavy atom. The van der Waals surface area contributed by atoms with Gasteiger partial charge in [-0.2, -0.15) is 17.0 Å². The summed E-state index contributed by atoms with van der Waals surface area (Å²) in [5.41, 5.74) is 0.819. The van der Waals surface area contributed by atoms with E-state index in [9.17, 15) is 23.1 Å². The van der Waals surface area contributed by atoms with E-state index < -0.39 is 28.2 Å². The van der Waals surface area contributed by atoms with E-state index in [1.165, 1.54) is 13.5 Å². The zero-order chi connectivity index (χ0) is 22.5. The highest BCUT2D eigenvalue weighted by Crippen LogP contribution is 2.49. The molecule has 0 spiro atoms. The van der Waals surface area contributed by atoms with Crippen molar-refractivity contribution < 1.29 is 23.1 Å². The Morgan fingerprint density at radius 2 is 1.81 bits per heavy atom. The van der Waals surface area contributed by atoms with Crippen molar-refractivity contribution >= 4 is 22.0 Å². The van der Waals surface area contributed by atoms with Gasteiger partial charge >= 0.3 is 0 Å². The number of hydrogen-bond acceptors (Lipinski definition) is 5. The summed E-state index contributed by atoms with van der Waals surface area (Å²) in [6, 6.07) is 8.23. The molecule has 4 rings (SSSR count). The molecule has 0 bridgehead atoms. The summed E-state index contributed by atoms with van der Waals surface area (Å²) in [6.45, 7) is 5.80. The molecule has 0 aromatic heterocycles. The number of imide groups is 1. The maximum Gasteiger partial charge on any atom is 0.282 e. The van der Waals surface area contributed by atoms with E-state index in [0.717, 1.165) is 5.56 Å². The van der Waals surface area contributed by atoms with Crippen molar-refractivity contribution in [3.63, 3.8) is 0 Å². The van der Waals surface area contributed by atoms with Crippen LogP contribution in [-0.4, -0.2) is 70.6 Å². The van der Waals surface area contributed by atoms with Gasteiger partial charge in [-0.3, -0.25) is 14.5 Å². The number of carbonyl (C=O) groups is 2. The van der Waals surface area contributed by atoms with Crippen LogP contribution < -0.4 is 0 Å². The number of fused-ring (bicyclic) bond motifs is 1. The molecule has 2 heterocycles. The summed E-state index contributed by atoms with van der Waals surface area (Å²) in [6.07, 6.45) is 0.444. The molecular weight excluding hydrogens is 418 g/mol. The Hall–Kier alpha value is -1.81. The molecule has 6 atom stereocenters. The molecule has 170 valence electrons. The maximum atomic E-state index is 13.6. The van der Waals surface area contributed by atoms with Gasteiger partial charge in [0.2, 0.25) is 11.8 Å². The number of rotatable bonds is 7. The number of aliphatic hydroxyl groups is 1. The number of amides is 2. The predicted octanol–water partition coefficient (Wildman–Crippen LogP) is 1.08. The molecule has 1 aliphatic carbocycles. The van der Waals surface area contributed by atoms with Gasteiger partial charge in [-0.25, -0.2) is 0 Å². The number of likely N-dealkylation sites (tertiary alicyclic amines) is 1. The van der Waals surface area contributed by atoms with E-state index in [1.807, 2.05) is 44.2 Å². The largest absolute Gasteiger partial charge is 0.395 e. The van der Waals surface area contributed by atoms with E-state index in [4.69, 9.17) is 0 Å². The zero-order valence-electron chi connectivity index (χ0n) is 18.2. The third-order valence-corrected chi connectivity index (χ3v) is 9.34. The number of hydrogen-bond donors (Lipinski definition) is 1. The minimum atomic E-state index is -3.93. The zero-order valence-corrected chi connectivity index (χ0v) is 19.0. The van der Waals surface area contributed by atoms with E-state index in [2.05, 4.69) is 0 Å². The summed E-state index contributed by atoms with van der Waals surface area (Å²) in [5, 5.41) is 9.50. The van der Waals surface area contributed by atoms with Crippen molar-refractivity contribution in [1.82, 2.24) is 13.5 Å². The second-order valence-corrected chi connectivity index (χ2v) is 11.0. The molecule has 2 amide bonds. The van der Waals surface area contributed by atoms with Gasteiger partial charge < -0.3 is 5.11 Å². The number of aliphatic hydroxyl groups excluding tert-OH is 1. The highest BCUT2D eigenvalue weighted by molar-refractivity contribution is 7.86. The first kappa shape index (κ1) is 22.4. The highest BCUT2D eigenvalue weighted by Gasteiger charge is 2.60. The number of carbonyl (C=O) groups excluding carboxylic acids is 2. The summed E-state index contributed by atoms with van der Waals surface area (Å²) in [4.78, 5) is 27.4. The van der Waals surface area contributed by atoms with Gasteiger partial charge in [0.15, 0.2) is 0 Å². The topological polar surface area (TPSA) is 98.2 Å². The molecule has 8 nitrogen and oxygen atoms in total. The van der Waals surface area contributed by atoms with Crippen LogP contribution in [0.5, 0.6) is 0 Å². The van der Waals surface area contributed by atoms with Gasteiger partial charge in [-0.05, 0) is 23.8 Å². The molecule has 1 aromatic carbocycles. The number of nitrogens with zero attached hydrogens (tertiary/aromatic N) is 3. The van der Waals surface area contributed by atoms with Crippen LogP contribution in [0.25, 0.3) is 0 Å². The Kier molecular flexibility index (Phi) is 5.97. The quantitative estimate of drug-likeness (QED) is 0.628. The summed E-state index contributed by atoms with van der Waals surface area (Å²) < 4.78 is 29.8. The molecule has 1 saturated carbocycles. The average Bonchev–Trinajstić information content (AvgIpc) is 3.05. The van der Waals surface area contributed by atoms with Crippen LogP contribution in [0.3, 0.4) is 0 Å². The van der Waals surface area contributed by atoms with Gasteiger partial charge in [-0.15, -0.1) is 0 Å². The third-order valence-electron chi connectivity index (χ3n) is 7.36. The summed E-state index contributed by atoms with van der Waals surface area (Å²) >= 11 is 0. The fraction of sp³-hybridized carbons (Fsp3) is 0.636. The summed E-state index contributed by atoms with van der Waals surface area (Å²) in [7, 11) is -3.93. The first-order valence-corrected chi connectivity index (χ1v) is 12.4. The Bertz CT molecular complexity index is 945. The summed E-state index contributed by atoms with van der Waals surface area (Å²) in [5.74, 6) is -0.653. The standard InChI is InChI=1S/C22H31N3O5S/c1-14-15(2)19(14)22(28)25-18-9-10-24(20(18)16(3)21(25)27)31(29,30)23(11-12-26)13-17-7-5-4-6-8-17/h4-8,14-16,18-20,26H,9-13H2,1-3H3/t14-,15+,16-,18-,19?,20+/m0/s1. The van der Waals surface area contributed by atoms with Crippen LogP contribution in [0.1, 0.15) is 32.8 Å². The molecule has 3 fully saturated rings. The first-order chi connectivity index (χ1) is 14.7. The van der Waals surface area contributed by atoms with Gasteiger partial charge in [-0.1, -0.05) is 51.1 Å². The fourth-order valence-corrected chi connectivity index (χ4v) is 7.19. The molecule has 0 radical (unpaired) electrons. The third kappa shape index (κ3) is 3.71. The maximum absolute atomic E-state index is 13.6. The Morgan fingerprint density at radius 3 is 2.39 bits per heavy atom. The van der Waals surface area contributed by atoms with Gasteiger partial charge in [0.05, 0.1) is 24.6 Å². The molecule has 3 aliphatic rings. The van der Waals surface area contributed by atoms with Crippen molar-refractivity contribution in [2.75, 3.05) is 19.7 Å². The van der Waals surface area contributed by atoms with Crippen molar-refractivity contribution in [2.24, 2.45) is 23.7 Å². The van der Waals surface area contributed by atoms with Crippen molar-refractivity contribution in [1.29, 1.82) is 0 Å². The molecular formula is C22H31N3O5S. The van der Waals surface area contributed by atoms with E-state index in [0.29, 0.717) is 6.42 Å². The van der Waals surface area contributed by atoms with Crippen LogP contribution in [0.2, 0.25) is 0 Å². The fourth-order valence-electron chi connectivity index (χ4n) is 5.30.